The lowest BCUT2D eigenvalue weighted by atomic mass is 10.0. The zero-order valence-electron chi connectivity index (χ0n) is 12.8. The SMILES string of the molecule is CCC(Cc1ccccc1)N[C@@H](C)c1cccc(C)c1. The first-order valence-electron chi connectivity index (χ1n) is 7.55. The molecule has 1 nitrogen and oxygen atoms in total. The van der Waals surface area contributed by atoms with Crippen LogP contribution in [0.5, 0.6) is 0 Å². The van der Waals surface area contributed by atoms with E-state index < -0.39 is 0 Å². The fraction of sp³-hybridized carbons (Fsp3) is 0.368. The second-order valence-electron chi connectivity index (χ2n) is 5.60. The van der Waals surface area contributed by atoms with Crippen molar-refractivity contribution in [2.75, 3.05) is 0 Å². The summed E-state index contributed by atoms with van der Waals surface area (Å²) < 4.78 is 0. The molecule has 0 fully saturated rings. The van der Waals surface area contributed by atoms with Gasteiger partial charge in [0.15, 0.2) is 0 Å². The van der Waals surface area contributed by atoms with E-state index in [1.165, 1.54) is 16.7 Å². The molecule has 0 amide bonds. The topological polar surface area (TPSA) is 12.0 Å². The van der Waals surface area contributed by atoms with E-state index in [1.54, 1.807) is 0 Å². The first kappa shape index (κ1) is 14.8. The standard InChI is InChI=1S/C19H25N/c1-4-19(14-17-10-6-5-7-11-17)20-16(3)18-12-8-9-15(2)13-18/h5-13,16,19-20H,4,14H2,1-3H3/t16-,19?/m0/s1. The van der Waals surface area contributed by atoms with Crippen molar-refractivity contribution in [2.45, 2.75) is 45.7 Å². The zero-order chi connectivity index (χ0) is 14.4. The summed E-state index contributed by atoms with van der Waals surface area (Å²) in [4.78, 5) is 0. The minimum absolute atomic E-state index is 0.392. The van der Waals surface area contributed by atoms with E-state index >= 15 is 0 Å². The third-order valence-electron chi connectivity index (χ3n) is 3.85. The van der Waals surface area contributed by atoms with Crippen LogP contribution in [-0.4, -0.2) is 6.04 Å². The van der Waals surface area contributed by atoms with Gasteiger partial charge in [0, 0.05) is 12.1 Å². The summed E-state index contributed by atoms with van der Waals surface area (Å²) in [7, 11) is 0. The van der Waals surface area contributed by atoms with Crippen molar-refractivity contribution in [1.29, 1.82) is 0 Å². The summed E-state index contributed by atoms with van der Waals surface area (Å²) in [6.07, 6.45) is 2.23. The molecule has 1 unspecified atom stereocenters. The lowest BCUT2D eigenvalue weighted by Gasteiger charge is -2.23. The van der Waals surface area contributed by atoms with Crippen LogP contribution < -0.4 is 5.32 Å². The van der Waals surface area contributed by atoms with Gasteiger partial charge < -0.3 is 5.32 Å². The molecule has 0 radical (unpaired) electrons. The van der Waals surface area contributed by atoms with Crippen LogP contribution in [0, 0.1) is 6.92 Å². The predicted octanol–water partition coefficient (Wildman–Crippen LogP) is 4.67. The molecule has 0 spiro atoms. The van der Waals surface area contributed by atoms with Gasteiger partial charge in [0.2, 0.25) is 0 Å². The summed E-state index contributed by atoms with van der Waals surface area (Å²) in [5.41, 5.74) is 4.10. The molecule has 0 aliphatic rings. The van der Waals surface area contributed by atoms with Gasteiger partial charge in [0.25, 0.3) is 0 Å². The van der Waals surface area contributed by atoms with Crippen molar-refractivity contribution in [3.05, 3.63) is 71.3 Å². The maximum absolute atomic E-state index is 3.76. The summed E-state index contributed by atoms with van der Waals surface area (Å²) in [6, 6.07) is 20.4. The van der Waals surface area contributed by atoms with Crippen LogP contribution in [0.4, 0.5) is 0 Å². The summed E-state index contributed by atoms with van der Waals surface area (Å²) in [5, 5.41) is 3.76. The Morgan fingerprint density at radius 3 is 2.40 bits per heavy atom. The van der Waals surface area contributed by atoms with Crippen molar-refractivity contribution in [2.24, 2.45) is 0 Å². The Hall–Kier alpha value is -1.60. The number of nitrogens with one attached hydrogen (secondary N) is 1. The molecule has 2 rings (SSSR count). The fourth-order valence-electron chi connectivity index (χ4n) is 2.61. The van der Waals surface area contributed by atoms with Gasteiger partial charge in [-0.15, -0.1) is 0 Å². The number of hydrogen-bond acceptors (Lipinski definition) is 1. The van der Waals surface area contributed by atoms with E-state index in [1.807, 2.05) is 0 Å². The minimum atomic E-state index is 0.392. The molecule has 20 heavy (non-hydrogen) atoms. The molecule has 106 valence electrons. The maximum Gasteiger partial charge on any atom is 0.0294 e. The molecule has 0 aromatic heterocycles. The highest BCUT2D eigenvalue weighted by atomic mass is 14.9. The Bertz CT molecular complexity index is 518. The molecule has 0 saturated heterocycles. The molecule has 0 aliphatic heterocycles. The predicted molar refractivity (Wildman–Crippen MR) is 87.0 cm³/mol. The van der Waals surface area contributed by atoms with Crippen LogP contribution in [0.25, 0.3) is 0 Å². The van der Waals surface area contributed by atoms with Crippen LogP contribution in [0.1, 0.15) is 43.0 Å². The molecule has 0 aliphatic carbocycles. The summed E-state index contributed by atoms with van der Waals surface area (Å²) >= 11 is 0. The van der Waals surface area contributed by atoms with Gasteiger partial charge >= 0.3 is 0 Å². The third-order valence-corrected chi connectivity index (χ3v) is 3.85. The van der Waals surface area contributed by atoms with E-state index in [0.717, 1.165) is 12.8 Å². The van der Waals surface area contributed by atoms with Gasteiger partial charge in [-0.1, -0.05) is 67.1 Å². The van der Waals surface area contributed by atoms with Gasteiger partial charge in [0.05, 0.1) is 0 Å². The summed E-state index contributed by atoms with van der Waals surface area (Å²) in [6.45, 7) is 6.66. The Kier molecular flexibility index (Phi) is 5.37. The molecule has 2 atom stereocenters. The van der Waals surface area contributed by atoms with Crippen molar-refractivity contribution in [1.82, 2.24) is 5.32 Å². The quantitative estimate of drug-likeness (QED) is 0.802. The average molecular weight is 267 g/mol. The molecule has 0 heterocycles. The molecule has 1 N–H and O–H groups in total. The van der Waals surface area contributed by atoms with Crippen molar-refractivity contribution < 1.29 is 0 Å². The van der Waals surface area contributed by atoms with E-state index in [0.29, 0.717) is 12.1 Å². The number of benzene rings is 2. The molecular weight excluding hydrogens is 242 g/mol. The second-order valence-corrected chi connectivity index (χ2v) is 5.60. The van der Waals surface area contributed by atoms with E-state index in [2.05, 4.69) is 80.7 Å². The number of hydrogen-bond donors (Lipinski definition) is 1. The van der Waals surface area contributed by atoms with Crippen LogP contribution in [-0.2, 0) is 6.42 Å². The van der Waals surface area contributed by atoms with Crippen LogP contribution >= 0.6 is 0 Å². The maximum atomic E-state index is 3.76. The van der Waals surface area contributed by atoms with E-state index in [9.17, 15) is 0 Å². The highest BCUT2D eigenvalue weighted by Gasteiger charge is 2.12. The highest BCUT2D eigenvalue weighted by molar-refractivity contribution is 5.25. The minimum Gasteiger partial charge on any atom is -0.307 e. The number of aryl methyl sites for hydroxylation is 1. The first-order valence-corrected chi connectivity index (χ1v) is 7.55. The van der Waals surface area contributed by atoms with Crippen LogP contribution in [0.2, 0.25) is 0 Å². The molecule has 1 heteroatoms. The Morgan fingerprint density at radius 2 is 1.75 bits per heavy atom. The van der Waals surface area contributed by atoms with Gasteiger partial charge in [-0.25, -0.2) is 0 Å². The first-order chi connectivity index (χ1) is 9.69. The van der Waals surface area contributed by atoms with Crippen molar-refractivity contribution in [3.8, 4) is 0 Å². The lowest BCUT2D eigenvalue weighted by Crippen LogP contribution is -2.32. The van der Waals surface area contributed by atoms with Gasteiger partial charge in [-0.3, -0.25) is 0 Å². The van der Waals surface area contributed by atoms with Gasteiger partial charge in [0.1, 0.15) is 0 Å². The third kappa shape index (κ3) is 4.21. The van der Waals surface area contributed by atoms with Gasteiger partial charge in [-0.2, -0.15) is 0 Å². The average Bonchev–Trinajstić information content (AvgIpc) is 2.47. The zero-order valence-corrected chi connectivity index (χ0v) is 12.8. The van der Waals surface area contributed by atoms with Crippen molar-refractivity contribution >= 4 is 0 Å². The monoisotopic (exact) mass is 267 g/mol. The molecule has 2 aromatic carbocycles. The Morgan fingerprint density at radius 1 is 1.00 bits per heavy atom. The van der Waals surface area contributed by atoms with Gasteiger partial charge in [-0.05, 0) is 37.8 Å². The largest absolute Gasteiger partial charge is 0.307 e. The molecule has 0 bridgehead atoms. The summed E-state index contributed by atoms with van der Waals surface area (Å²) in [5.74, 6) is 0. The highest BCUT2D eigenvalue weighted by Crippen LogP contribution is 2.16. The molecule has 0 saturated carbocycles. The Labute approximate surface area is 123 Å². The lowest BCUT2D eigenvalue weighted by molar-refractivity contribution is 0.440. The number of rotatable bonds is 6. The van der Waals surface area contributed by atoms with E-state index in [4.69, 9.17) is 0 Å². The van der Waals surface area contributed by atoms with Crippen LogP contribution in [0.15, 0.2) is 54.6 Å². The fourth-order valence-corrected chi connectivity index (χ4v) is 2.61. The second kappa shape index (κ2) is 7.25. The van der Waals surface area contributed by atoms with Crippen LogP contribution in [0.3, 0.4) is 0 Å². The normalized spacial score (nSPS) is 13.9. The van der Waals surface area contributed by atoms with Crippen molar-refractivity contribution in [3.63, 3.8) is 0 Å². The smallest absolute Gasteiger partial charge is 0.0294 e. The molecule has 2 aromatic rings. The molecular formula is C19H25N. The Balaban J connectivity index is 1.99. The van der Waals surface area contributed by atoms with E-state index in [-0.39, 0.29) is 0 Å².